The normalized spacial score (nSPS) is 12.6. The van der Waals surface area contributed by atoms with E-state index in [1.54, 1.807) is 18.2 Å². The Kier molecular flexibility index (Phi) is 4.93. The van der Waals surface area contributed by atoms with E-state index in [1.165, 1.54) is 11.8 Å². The van der Waals surface area contributed by atoms with Gasteiger partial charge in [0.05, 0.1) is 16.8 Å². The number of fused-ring (bicyclic) bond motifs is 2. The molecule has 0 amide bonds. The average Bonchev–Trinajstić information content (AvgIpc) is 2.73. The quantitative estimate of drug-likeness (QED) is 0.483. The molecule has 0 bridgehead atoms. The van der Waals surface area contributed by atoms with Crippen LogP contribution >= 0.6 is 11.8 Å². The molecule has 0 aliphatic carbocycles. The molecule has 2 heterocycles. The predicted molar refractivity (Wildman–Crippen MR) is 108 cm³/mol. The Bertz CT molecular complexity index is 1130. The number of pyridine rings is 1. The second kappa shape index (κ2) is 7.53. The molecule has 2 aromatic carbocycles. The molecule has 0 atom stereocenters. The lowest BCUT2D eigenvalue weighted by atomic mass is 10.0. The summed E-state index contributed by atoms with van der Waals surface area (Å²) in [7, 11) is 0. The van der Waals surface area contributed by atoms with E-state index < -0.39 is 0 Å². The van der Waals surface area contributed by atoms with Crippen molar-refractivity contribution < 1.29 is 14.3 Å². The number of hydrogen-bond acceptors (Lipinski definition) is 6. The number of carbonyl (C=O) groups is 1. The van der Waals surface area contributed by atoms with E-state index in [2.05, 4.69) is 11.1 Å². The van der Waals surface area contributed by atoms with Crippen LogP contribution < -0.4 is 9.47 Å². The van der Waals surface area contributed by atoms with Gasteiger partial charge in [0.15, 0.2) is 17.3 Å². The third-order valence-corrected chi connectivity index (χ3v) is 5.68. The van der Waals surface area contributed by atoms with Crippen LogP contribution in [0.25, 0.3) is 10.9 Å². The lowest BCUT2D eigenvalue weighted by molar-refractivity contribution is 0.102. The highest BCUT2D eigenvalue weighted by Crippen LogP contribution is 2.32. The van der Waals surface area contributed by atoms with Crippen LogP contribution in [0.4, 0.5) is 0 Å². The Morgan fingerprint density at radius 3 is 2.64 bits per heavy atom. The number of Topliss-reactive ketones (excluding diaryl/α,β-unsaturated/α-hetero) is 1. The average molecular weight is 390 g/mol. The van der Waals surface area contributed by atoms with E-state index in [4.69, 9.17) is 9.47 Å². The van der Waals surface area contributed by atoms with Crippen molar-refractivity contribution in [2.75, 3.05) is 19.0 Å². The number of aromatic nitrogens is 1. The van der Waals surface area contributed by atoms with E-state index in [0.29, 0.717) is 40.9 Å². The number of ketones is 1. The number of nitriles is 1. The first-order valence-corrected chi connectivity index (χ1v) is 9.92. The molecule has 0 N–H and O–H groups in total. The summed E-state index contributed by atoms with van der Waals surface area (Å²) < 4.78 is 11.0. The van der Waals surface area contributed by atoms with E-state index >= 15 is 0 Å². The van der Waals surface area contributed by atoms with Crippen LogP contribution in [-0.4, -0.2) is 29.7 Å². The van der Waals surface area contributed by atoms with Crippen LogP contribution in [0.1, 0.15) is 27.0 Å². The minimum atomic E-state index is -0.0475. The van der Waals surface area contributed by atoms with Crippen molar-refractivity contribution in [3.05, 3.63) is 58.7 Å². The molecule has 0 saturated carbocycles. The van der Waals surface area contributed by atoms with Crippen molar-refractivity contribution in [2.45, 2.75) is 18.9 Å². The monoisotopic (exact) mass is 390 g/mol. The maximum absolute atomic E-state index is 12.7. The van der Waals surface area contributed by atoms with Crippen molar-refractivity contribution in [3.63, 3.8) is 0 Å². The van der Waals surface area contributed by atoms with Gasteiger partial charge in [-0.15, -0.1) is 0 Å². The summed E-state index contributed by atoms with van der Waals surface area (Å²) in [6.45, 7) is 4.99. The van der Waals surface area contributed by atoms with Crippen molar-refractivity contribution in [3.8, 4) is 17.6 Å². The summed E-state index contributed by atoms with van der Waals surface area (Å²) in [5.41, 5.74) is 4.04. The van der Waals surface area contributed by atoms with Gasteiger partial charge in [-0.1, -0.05) is 23.9 Å². The van der Waals surface area contributed by atoms with Gasteiger partial charge in [0.25, 0.3) is 0 Å². The van der Waals surface area contributed by atoms with Gasteiger partial charge in [-0.2, -0.15) is 5.26 Å². The first-order chi connectivity index (χ1) is 13.6. The number of thioether (sulfide) groups is 1. The number of aryl methyl sites for hydroxylation is 2. The number of nitrogens with zero attached hydrogens (tertiary/aromatic N) is 2. The van der Waals surface area contributed by atoms with Crippen LogP contribution in [0, 0.1) is 25.2 Å². The Hall–Kier alpha value is -3.04. The number of benzene rings is 2. The minimum Gasteiger partial charge on any atom is -0.486 e. The molecular weight excluding hydrogens is 372 g/mol. The van der Waals surface area contributed by atoms with Crippen LogP contribution in [-0.2, 0) is 0 Å². The second-order valence-corrected chi connectivity index (χ2v) is 7.58. The lowest BCUT2D eigenvalue weighted by Gasteiger charge is -2.18. The zero-order valence-corrected chi connectivity index (χ0v) is 16.4. The molecule has 4 rings (SSSR count). The topological polar surface area (TPSA) is 72.2 Å². The SMILES string of the molecule is Cc1ccc(C)c2nc(SCC(=O)c3ccc4c(c3)OCCO4)c(C#N)cc12. The maximum Gasteiger partial charge on any atom is 0.173 e. The predicted octanol–water partition coefficient (Wildman–Crippen LogP) is 4.47. The molecule has 28 heavy (non-hydrogen) atoms. The Labute approximate surface area is 167 Å². The highest BCUT2D eigenvalue weighted by Gasteiger charge is 2.17. The Balaban J connectivity index is 1.59. The Morgan fingerprint density at radius 1 is 1.11 bits per heavy atom. The van der Waals surface area contributed by atoms with Gasteiger partial charge in [-0.3, -0.25) is 4.79 Å². The molecule has 0 fully saturated rings. The van der Waals surface area contributed by atoms with E-state index in [-0.39, 0.29) is 11.5 Å². The second-order valence-electron chi connectivity index (χ2n) is 6.62. The van der Waals surface area contributed by atoms with Gasteiger partial charge in [0.1, 0.15) is 24.3 Å². The molecule has 0 spiro atoms. The summed E-state index contributed by atoms with van der Waals surface area (Å²) in [5.74, 6) is 1.39. The molecule has 3 aromatic rings. The van der Waals surface area contributed by atoms with Gasteiger partial charge in [-0.05, 0) is 49.2 Å². The zero-order chi connectivity index (χ0) is 19.7. The van der Waals surface area contributed by atoms with Crippen molar-refractivity contribution >= 4 is 28.4 Å². The van der Waals surface area contributed by atoms with Gasteiger partial charge in [0.2, 0.25) is 0 Å². The van der Waals surface area contributed by atoms with Crippen LogP contribution in [0.15, 0.2) is 41.4 Å². The van der Waals surface area contributed by atoms with Crippen molar-refractivity contribution in [1.29, 1.82) is 5.26 Å². The van der Waals surface area contributed by atoms with Crippen molar-refractivity contribution in [2.24, 2.45) is 0 Å². The molecule has 1 aliphatic heterocycles. The molecule has 140 valence electrons. The number of rotatable bonds is 4. The summed E-state index contributed by atoms with van der Waals surface area (Å²) in [4.78, 5) is 17.3. The number of hydrogen-bond donors (Lipinski definition) is 0. The van der Waals surface area contributed by atoms with Gasteiger partial charge in [-0.25, -0.2) is 4.98 Å². The first-order valence-electron chi connectivity index (χ1n) is 8.93. The maximum atomic E-state index is 12.7. The standard InChI is InChI=1S/C22H18N2O3S/c1-13-3-4-14(2)21-17(13)9-16(11-23)22(24-21)28-12-18(25)15-5-6-19-20(10-15)27-8-7-26-19/h3-6,9-10H,7-8,12H2,1-2H3. The molecule has 5 nitrogen and oxygen atoms in total. The van der Waals surface area contributed by atoms with Crippen LogP contribution in [0.2, 0.25) is 0 Å². The molecule has 6 heteroatoms. The van der Waals surface area contributed by atoms with Crippen molar-refractivity contribution in [1.82, 2.24) is 4.98 Å². The zero-order valence-electron chi connectivity index (χ0n) is 15.6. The van der Waals surface area contributed by atoms with Gasteiger partial charge in [0, 0.05) is 10.9 Å². The molecular formula is C22H18N2O3S. The highest BCUT2D eigenvalue weighted by atomic mass is 32.2. The van der Waals surface area contributed by atoms with Gasteiger partial charge >= 0.3 is 0 Å². The van der Waals surface area contributed by atoms with Crippen LogP contribution in [0.3, 0.4) is 0 Å². The fraction of sp³-hybridized carbons (Fsp3) is 0.227. The van der Waals surface area contributed by atoms with Gasteiger partial charge < -0.3 is 9.47 Å². The molecule has 1 aromatic heterocycles. The summed E-state index contributed by atoms with van der Waals surface area (Å²) >= 11 is 1.29. The third kappa shape index (κ3) is 3.41. The molecule has 0 radical (unpaired) electrons. The summed E-state index contributed by atoms with van der Waals surface area (Å²) in [6.07, 6.45) is 0. The fourth-order valence-corrected chi connectivity index (χ4v) is 3.99. The summed E-state index contributed by atoms with van der Waals surface area (Å²) in [6, 6.07) is 13.3. The number of carbonyl (C=O) groups excluding carboxylic acids is 1. The largest absolute Gasteiger partial charge is 0.486 e. The molecule has 1 aliphatic rings. The van der Waals surface area contributed by atoms with E-state index in [9.17, 15) is 10.1 Å². The highest BCUT2D eigenvalue weighted by molar-refractivity contribution is 8.00. The molecule has 0 saturated heterocycles. The van der Waals surface area contributed by atoms with Crippen LogP contribution in [0.5, 0.6) is 11.5 Å². The van der Waals surface area contributed by atoms with E-state index in [1.807, 2.05) is 32.0 Å². The molecule has 0 unspecified atom stereocenters. The first kappa shape index (κ1) is 18.3. The third-order valence-electron chi connectivity index (χ3n) is 4.69. The van der Waals surface area contributed by atoms with E-state index in [0.717, 1.165) is 22.0 Å². The smallest absolute Gasteiger partial charge is 0.173 e. The number of ether oxygens (including phenoxy) is 2. The summed E-state index contributed by atoms with van der Waals surface area (Å²) in [5, 5.41) is 11.1. The minimum absolute atomic E-state index is 0.0475. The lowest BCUT2D eigenvalue weighted by Crippen LogP contribution is -2.16. The Morgan fingerprint density at radius 2 is 1.86 bits per heavy atom. The fourth-order valence-electron chi connectivity index (χ4n) is 3.14.